The number of thiazole rings is 2. The van der Waals surface area contributed by atoms with Gasteiger partial charge in [-0.05, 0) is 29.3 Å². The van der Waals surface area contributed by atoms with Gasteiger partial charge in [0.1, 0.15) is 15.5 Å². The maximum Gasteiger partial charge on any atom is 0.337 e. The number of esters is 1. The molecule has 37 heavy (non-hydrogen) atoms. The third kappa shape index (κ3) is 3.91. The molecule has 8 heteroatoms. The van der Waals surface area contributed by atoms with E-state index in [9.17, 15) is 9.59 Å². The summed E-state index contributed by atoms with van der Waals surface area (Å²) in [6.07, 6.45) is 1.81. The zero-order valence-electron chi connectivity index (χ0n) is 19.8. The van der Waals surface area contributed by atoms with E-state index in [1.54, 1.807) is 0 Å². The normalized spacial score (nSPS) is 15.8. The van der Waals surface area contributed by atoms with Gasteiger partial charge in [0, 0.05) is 5.57 Å². The molecular formula is C29H21N3O3S2. The Morgan fingerprint density at radius 1 is 0.973 bits per heavy atom. The van der Waals surface area contributed by atoms with Crippen molar-refractivity contribution in [3.63, 3.8) is 0 Å². The van der Waals surface area contributed by atoms with Gasteiger partial charge in [-0.15, -0.1) is 22.7 Å². The molecule has 6 nitrogen and oxygen atoms in total. The van der Waals surface area contributed by atoms with Gasteiger partial charge < -0.3 is 10.5 Å². The van der Waals surface area contributed by atoms with Crippen molar-refractivity contribution in [1.82, 2.24) is 9.55 Å². The van der Waals surface area contributed by atoms with Gasteiger partial charge in [-0.25, -0.2) is 9.78 Å². The number of para-hydroxylation sites is 1. The summed E-state index contributed by atoms with van der Waals surface area (Å²) in [5.74, 6) is -0.803. The number of fused-ring (bicyclic) bond motifs is 2. The summed E-state index contributed by atoms with van der Waals surface area (Å²) < 4.78 is 8.64. The fraction of sp³-hybridized carbons (Fsp3) is 0.0690. The van der Waals surface area contributed by atoms with Crippen molar-refractivity contribution in [3.8, 4) is 0 Å². The van der Waals surface area contributed by atoms with Crippen molar-refractivity contribution in [3.05, 3.63) is 121 Å². The predicted molar refractivity (Wildman–Crippen MR) is 149 cm³/mol. The molecule has 2 N–H and O–H groups in total. The molecule has 0 saturated heterocycles. The minimum absolute atomic E-state index is 0.268. The molecule has 2 aromatic heterocycles. The second-order valence-corrected chi connectivity index (χ2v) is 10.6. The number of hydrogen-bond acceptors (Lipinski definition) is 7. The van der Waals surface area contributed by atoms with Crippen LogP contribution in [0.15, 0.2) is 89.7 Å². The fourth-order valence-electron chi connectivity index (χ4n) is 4.63. The third-order valence-corrected chi connectivity index (χ3v) is 8.49. The average molecular weight is 524 g/mol. The molecule has 0 radical (unpaired) electrons. The van der Waals surface area contributed by atoms with Gasteiger partial charge in [-0.2, -0.15) is 0 Å². The maximum absolute atomic E-state index is 13.7. The highest BCUT2D eigenvalue weighted by molar-refractivity contribution is 7.19. The van der Waals surface area contributed by atoms with Crippen LogP contribution in [-0.2, 0) is 9.53 Å². The first kappa shape index (κ1) is 23.1. The summed E-state index contributed by atoms with van der Waals surface area (Å²) in [6, 6.07) is 27.1. The van der Waals surface area contributed by atoms with Crippen LogP contribution in [-0.4, -0.2) is 22.6 Å². The molecule has 0 bridgehead atoms. The number of carbonyl (C=O) groups is 1. The van der Waals surface area contributed by atoms with Crippen LogP contribution in [0.5, 0.6) is 0 Å². The van der Waals surface area contributed by atoms with E-state index in [0.29, 0.717) is 25.3 Å². The molecule has 0 fully saturated rings. The molecule has 182 valence electrons. The minimum Gasteiger partial charge on any atom is -0.466 e. The van der Waals surface area contributed by atoms with Crippen LogP contribution in [0.25, 0.3) is 33.3 Å². The zero-order valence-corrected chi connectivity index (χ0v) is 21.4. The number of nitrogens with two attached hydrogens (primary N) is 1. The number of hydrogen-bond donors (Lipinski definition) is 1. The first-order chi connectivity index (χ1) is 18.1. The van der Waals surface area contributed by atoms with Gasteiger partial charge in [-0.1, -0.05) is 72.8 Å². The first-order valence-corrected chi connectivity index (χ1v) is 13.2. The number of benzene rings is 3. The van der Waals surface area contributed by atoms with Gasteiger partial charge in [0.05, 0.1) is 33.3 Å². The van der Waals surface area contributed by atoms with E-state index in [1.807, 2.05) is 91.0 Å². The summed E-state index contributed by atoms with van der Waals surface area (Å²) in [6.45, 7) is 0. The molecule has 3 aromatic carbocycles. The molecule has 0 aliphatic carbocycles. The van der Waals surface area contributed by atoms with Gasteiger partial charge in [-0.3, -0.25) is 9.36 Å². The quantitative estimate of drug-likeness (QED) is 0.363. The van der Waals surface area contributed by atoms with Crippen LogP contribution in [0.2, 0.25) is 0 Å². The molecule has 6 rings (SSSR count). The number of carbonyl (C=O) groups excluding carboxylic acids is 1. The van der Waals surface area contributed by atoms with Crippen LogP contribution < -0.4 is 20.5 Å². The summed E-state index contributed by atoms with van der Waals surface area (Å²) in [7, 11) is 1.35. The molecule has 1 unspecified atom stereocenters. The topological polar surface area (TPSA) is 87.2 Å². The van der Waals surface area contributed by atoms with E-state index in [-0.39, 0.29) is 11.4 Å². The van der Waals surface area contributed by atoms with Crippen LogP contribution in [0.4, 0.5) is 0 Å². The lowest BCUT2D eigenvalue weighted by atomic mass is 9.83. The van der Waals surface area contributed by atoms with E-state index >= 15 is 0 Å². The van der Waals surface area contributed by atoms with Crippen LogP contribution in [0.3, 0.4) is 0 Å². The van der Waals surface area contributed by atoms with Crippen LogP contribution >= 0.6 is 22.7 Å². The van der Waals surface area contributed by atoms with E-state index in [1.165, 1.54) is 34.4 Å². The van der Waals surface area contributed by atoms with Crippen molar-refractivity contribution >= 4 is 61.9 Å². The van der Waals surface area contributed by atoms with Crippen LogP contribution in [0.1, 0.15) is 22.1 Å². The molecule has 3 heterocycles. The number of allylic oxidation sites excluding steroid dienone is 1. The molecule has 1 aliphatic rings. The van der Waals surface area contributed by atoms with Crippen molar-refractivity contribution in [1.29, 1.82) is 0 Å². The van der Waals surface area contributed by atoms with Gasteiger partial charge in [0.25, 0.3) is 5.56 Å². The molecule has 0 amide bonds. The highest BCUT2D eigenvalue weighted by Crippen LogP contribution is 2.44. The van der Waals surface area contributed by atoms with Crippen molar-refractivity contribution in [2.24, 2.45) is 5.73 Å². The molecule has 1 aliphatic heterocycles. The monoisotopic (exact) mass is 523 g/mol. The Bertz CT molecular complexity index is 1830. The number of aromatic nitrogens is 2. The van der Waals surface area contributed by atoms with Crippen molar-refractivity contribution < 1.29 is 9.53 Å². The Labute approximate surface area is 219 Å². The molecule has 0 saturated carbocycles. The summed E-state index contributed by atoms with van der Waals surface area (Å²) in [5, 5.41) is 0.659. The summed E-state index contributed by atoms with van der Waals surface area (Å²) >= 11 is 2.72. The SMILES string of the molecule is COC(=O)C1=c2s/c(=C\c3ccccc3)c(=O)n2C(N)=C(c2nc3ccccc3s2)C1c1ccccc1. The van der Waals surface area contributed by atoms with E-state index in [2.05, 4.69) is 0 Å². The van der Waals surface area contributed by atoms with Crippen molar-refractivity contribution in [2.45, 2.75) is 5.92 Å². The predicted octanol–water partition coefficient (Wildman–Crippen LogP) is 3.75. The van der Waals surface area contributed by atoms with E-state index in [4.69, 9.17) is 15.5 Å². The Morgan fingerprint density at radius 2 is 1.65 bits per heavy atom. The summed E-state index contributed by atoms with van der Waals surface area (Å²) in [5.41, 5.74) is 10.1. The average Bonchev–Trinajstić information content (AvgIpc) is 3.50. The van der Waals surface area contributed by atoms with Gasteiger partial charge in [0.2, 0.25) is 0 Å². The number of methoxy groups -OCH3 is 1. The Kier molecular flexibility index (Phi) is 5.82. The Balaban J connectivity index is 1.73. The van der Waals surface area contributed by atoms with Crippen LogP contribution in [0, 0.1) is 0 Å². The number of rotatable bonds is 4. The largest absolute Gasteiger partial charge is 0.466 e. The molecule has 0 spiro atoms. The first-order valence-electron chi connectivity index (χ1n) is 11.6. The zero-order chi connectivity index (χ0) is 25.5. The van der Waals surface area contributed by atoms with E-state index < -0.39 is 11.9 Å². The summed E-state index contributed by atoms with van der Waals surface area (Å²) in [4.78, 5) is 32.0. The smallest absolute Gasteiger partial charge is 0.337 e. The van der Waals surface area contributed by atoms with Gasteiger partial charge >= 0.3 is 5.97 Å². The van der Waals surface area contributed by atoms with Gasteiger partial charge in [0.15, 0.2) is 0 Å². The standard InChI is InChI=1S/C29H21N3O3S2/c1-35-29(34)24-22(18-12-6-3-7-13-18)23(26-31-19-14-8-9-15-20(19)36-26)25(30)32-27(33)21(37-28(24)32)16-17-10-4-2-5-11-17/h2-16,22H,30H2,1H3/b21-16-. The molecular weight excluding hydrogens is 502 g/mol. The Hall–Kier alpha value is -4.27. The highest BCUT2D eigenvalue weighted by Gasteiger charge is 2.37. The second kappa shape index (κ2) is 9.31. The van der Waals surface area contributed by atoms with E-state index in [0.717, 1.165) is 21.3 Å². The van der Waals surface area contributed by atoms with Crippen molar-refractivity contribution in [2.75, 3.05) is 7.11 Å². The third-order valence-electron chi connectivity index (χ3n) is 6.31. The lowest BCUT2D eigenvalue weighted by Gasteiger charge is -2.27. The highest BCUT2D eigenvalue weighted by atomic mass is 32.1. The lowest BCUT2D eigenvalue weighted by Crippen LogP contribution is -2.39. The lowest BCUT2D eigenvalue weighted by molar-refractivity contribution is -0.134. The molecule has 5 aromatic rings. The maximum atomic E-state index is 13.7. The number of nitrogens with zero attached hydrogens (tertiary/aromatic N) is 2. The minimum atomic E-state index is -0.558. The Morgan fingerprint density at radius 3 is 2.35 bits per heavy atom. The second-order valence-electron chi connectivity index (χ2n) is 8.50. The fourth-order valence-corrected chi connectivity index (χ4v) is 6.85. The number of ether oxygens (including phenoxy) is 1. The molecule has 1 atom stereocenters.